The summed E-state index contributed by atoms with van der Waals surface area (Å²) in [5, 5.41) is 4.14. The van der Waals surface area contributed by atoms with Crippen LogP contribution >= 0.6 is 0 Å². The molecule has 6 heteroatoms. The summed E-state index contributed by atoms with van der Waals surface area (Å²) in [5.41, 5.74) is 1.99. The molecule has 112 valence electrons. The van der Waals surface area contributed by atoms with Crippen LogP contribution < -0.4 is 4.72 Å². The standard InChI is InChI=1S/C16H15N3O2S/c1-13-6-2-3-9-16(13)22(20,21)18-14-7-4-8-15(12-14)19-11-5-10-17-19/h2-12,18H,1H3. The van der Waals surface area contributed by atoms with Crippen LogP contribution in [0.1, 0.15) is 5.56 Å². The van der Waals surface area contributed by atoms with Gasteiger partial charge in [0.2, 0.25) is 0 Å². The van der Waals surface area contributed by atoms with Crippen LogP contribution in [0.5, 0.6) is 0 Å². The first-order valence-electron chi connectivity index (χ1n) is 6.75. The van der Waals surface area contributed by atoms with E-state index in [1.54, 1.807) is 60.4 Å². The van der Waals surface area contributed by atoms with Crippen LogP contribution in [0, 0.1) is 6.92 Å². The van der Waals surface area contributed by atoms with E-state index in [9.17, 15) is 8.42 Å². The van der Waals surface area contributed by atoms with E-state index in [1.165, 1.54) is 0 Å². The smallest absolute Gasteiger partial charge is 0.262 e. The highest BCUT2D eigenvalue weighted by atomic mass is 32.2. The van der Waals surface area contributed by atoms with Gasteiger partial charge < -0.3 is 0 Å². The van der Waals surface area contributed by atoms with E-state index in [2.05, 4.69) is 9.82 Å². The van der Waals surface area contributed by atoms with Crippen molar-refractivity contribution < 1.29 is 8.42 Å². The molecule has 3 rings (SSSR count). The van der Waals surface area contributed by atoms with Gasteiger partial charge >= 0.3 is 0 Å². The highest BCUT2D eigenvalue weighted by Gasteiger charge is 2.16. The number of anilines is 1. The average molecular weight is 313 g/mol. The van der Waals surface area contributed by atoms with Crippen LogP contribution in [0.4, 0.5) is 5.69 Å². The Morgan fingerprint density at radius 1 is 1.05 bits per heavy atom. The molecule has 0 atom stereocenters. The molecule has 0 saturated heterocycles. The summed E-state index contributed by atoms with van der Waals surface area (Å²) >= 11 is 0. The van der Waals surface area contributed by atoms with E-state index >= 15 is 0 Å². The topological polar surface area (TPSA) is 64.0 Å². The van der Waals surface area contributed by atoms with E-state index < -0.39 is 10.0 Å². The Bertz CT molecular complexity index is 887. The Balaban J connectivity index is 1.93. The fourth-order valence-electron chi connectivity index (χ4n) is 2.20. The molecule has 0 spiro atoms. The molecule has 0 saturated carbocycles. The van der Waals surface area contributed by atoms with E-state index in [1.807, 2.05) is 18.2 Å². The first-order chi connectivity index (χ1) is 10.6. The number of hydrogen-bond acceptors (Lipinski definition) is 3. The Hall–Kier alpha value is -2.60. The third-order valence-electron chi connectivity index (χ3n) is 3.25. The first-order valence-corrected chi connectivity index (χ1v) is 8.23. The predicted octanol–water partition coefficient (Wildman–Crippen LogP) is 2.98. The molecule has 2 aromatic carbocycles. The zero-order valence-corrected chi connectivity index (χ0v) is 12.8. The fourth-order valence-corrected chi connectivity index (χ4v) is 3.50. The molecule has 0 unspecified atom stereocenters. The average Bonchev–Trinajstić information content (AvgIpc) is 3.01. The largest absolute Gasteiger partial charge is 0.280 e. The summed E-state index contributed by atoms with van der Waals surface area (Å²) in [6, 6.07) is 15.8. The number of aromatic nitrogens is 2. The molecular weight excluding hydrogens is 298 g/mol. The van der Waals surface area contributed by atoms with Crippen molar-refractivity contribution in [1.82, 2.24) is 9.78 Å². The number of rotatable bonds is 4. The minimum absolute atomic E-state index is 0.277. The van der Waals surface area contributed by atoms with Crippen LogP contribution in [0.15, 0.2) is 71.9 Å². The molecule has 0 aliphatic rings. The second-order valence-corrected chi connectivity index (χ2v) is 6.52. The summed E-state index contributed by atoms with van der Waals surface area (Å²) in [6.45, 7) is 1.77. The van der Waals surface area contributed by atoms with Gasteiger partial charge in [0, 0.05) is 12.4 Å². The Morgan fingerprint density at radius 3 is 2.59 bits per heavy atom. The van der Waals surface area contributed by atoms with Crippen molar-refractivity contribution in [3.05, 3.63) is 72.6 Å². The molecule has 0 aliphatic carbocycles. The number of hydrogen-bond donors (Lipinski definition) is 1. The van der Waals surface area contributed by atoms with Gasteiger partial charge in [-0.3, -0.25) is 4.72 Å². The number of benzene rings is 2. The maximum Gasteiger partial charge on any atom is 0.262 e. The first kappa shape index (κ1) is 14.3. The van der Waals surface area contributed by atoms with Gasteiger partial charge in [0.25, 0.3) is 10.0 Å². The lowest BCUT2D eigenvalue weighted by molar-refractivity contribution is 0.600. The Kier molecular flexibility index (Phi) is 3.68. The molecule has 0 aliphatic heterocycles. The molecule has 22 heavy (non-hydrogen) atoms. The SMILES string of the molecule is Cc1ccccc1S(=O)(=O)Nc1cccc(-n2cccn2)c1. The summed E-state index contributed by atoms with van der Waals surface area (Å²) < 4.78 is 29.3. The van der Waals surface area contributed by atoms with Gasteiger partial charge in [-0.1, -0.05) is 24.3 Å². The molecule has 1 aromatic heterocycles. The maximum atomic E-state index is 12.5. The molecule has 1 heterocycles. The van der Waals surface area contributed by atoms with Gasteiger partial charge in [-0.2, -0.15) is 5.10 Å². The van der Waals surface area contributed by atoms with E-state index in [0.29, 0.717) is 11.3 Å². The quantitative estimate of drug-likeness (QED) is 0.805. The monoisotopic (exact) mass is 313 g/mol. The predicted molar refractivity (Wildman–Crippen MR) is 85.6 cm³/mol. The lowest BCUT2D eigenvalue weighted by atomic mass is 10.2. The van der Waals surface area contributed by atoms with Crippen LogP contribution in [-0.2, 0) is 10.0 Å². The van der Waals surface area contributed by atoms with Crippen molar-refractivity contribution in [3.63, 3.8) is 0 Å². The van der Waals surface area contributed by atoms with Crippen molar-refractivity contribution in [1.29, 1.82) is 0 Å². The number of nitrogens with zero attached hydrogens (tertiary/aromatic N) is 2. The number of aryl methyl sites for hydroxylation is 1. The molecular formula is C16H15N3O2S. The second-order valence-electron chi connectivity index (χ2n) is 4.87. The van der Waals surface area contributed by atoms with Crippen molar-refractivity contribution in [3.8, 4) is 5.69 Å². The van der Waals surface area contributed by atoms with E-state index in [0.717, 1.165) is 5.69 Å². The normalized spacial score (nSPS) is 11.3. The van der Waals surface area contributed by atoms with Crippen LogP contribution in [-0.4, -0.2) is 18.2 Å². The highest BCUT2D eigenvalue weighted by Crippen LogP contribution is 2.20. The summed E-state index contributed by atoms with van der Waals surface area (Å²) in [7, 11) is -3.61. The Morgan fingerprint density at radius 2 is 1.86 bits per heavy atom. The molecule has 0 amide bonds. The zero-order chi connectivity index (χ0) is 15.6. The highest BCUT2D eigenvalue weighted by molar-refractivity contribution is 7.92. The van der Waals surface area contributed by atoms with Crippen LogP contribution in [0.25, 0.3) is 5.69 Å². The second kappa shape index (κ2) is 5.65. The number of nitrogens with one attached hydrogen (secondary N) is 1. The van der Waals surface area contributed by atoms with E-state index in [-0.39, 0.29) is 4.90 Å². The zero-order valence-electron chi connectivity index (χ0n) is 12.0. The van der Waals surface area contributed by atoms with E-state index in [4.69, 9.17) is 0 Å². The maximum absolute atomic E-state index is 12.5. The third-order valence-corrected chi connectivity index (χ3v) is 4.79. The van der Waals surface area contributed by atoms with Crippen molar-refractivity contribution in [2.24, 2.45) is 0 Å². The molecule has 3 aromatic rings. The van der Waals surface area contributed by atoms with Gasteiger partial charge in [0.15, 0.2) is 0 Å². The minimum atomic E-state index is -3.61. The Labute approximate surface area is 129 Å². The summed E-state index contributed by atoms with van der Waals surface area (Å²) in [4.78, 5) is 0.277. The van der Waals surface area contributed by atoms with Gasteiger partial charge in [-0.15, -0.1) is 0 Å². The molecule has 1 N–H and O–H groups in total. The van der Waals surface area contributed by atoms with Crippen molar-refractivity contribution in [2.75, 3.05) is 4.72 Å². The molecule has 5 nitrogen and oxygen atoms in total. The molecule has 0 radical (unpaired) electrons. The third kappa shape index (κ3) is 2.87. The molecule has 0 bridgehead atoms. The minimum Gasteiger partial charge on any atom is -0.280 e. The number of sulfonamides is 1. The lowest BCUT2D eigenvalue weighted by Crippen LogP contribution is -2.14. The van der Waals surface area contributed by atoms with Crippen molar-refractivity contribution in [2.45, 2.75) is 11.8 Å². The lowest BCUT2D eigenvalue weighted by Gasteiger charge is -2.11. The molecule has 0 fully saturated rings. The van der Waals surface area contributed by atoms with Gasteiger partial charge in [0.1, 0.15) is 0 Å². The van der Waals surface area contributed by atoms with Gasteiger partial charge in [-0.25, -0.2) is 13.1 Å². The van der Waals surface area contributed by atoms with Crippen molar-refractivity contribution >= 4 is 15.7 Å². The van der Waals surface area contributed by atoms with Gasteiger partial charge in [0.05, 0.1) is 16.3 Å². The fraction of sp³-hybridized carbons (Fsp3) is 0.0625. The summed E-state index contributed by atoms with van der Waals surface area (Å²) in [6.07, 6.45) is 3.47. The van der Waals surface area contributed by atoms with Gasteiger partial charge in [-0.05, 0) is 42.8 Å². The van der Waals surface area contributed by atoms with Crippen LogP contribution in [0.2, 0.25) is 0 Å². The van der Waals surface area contributed by atoms with Crippen LogP contribution in [0.3, 0.4) is 0 Å². The summed E-state index contributed by atoms with van der Waals surface area (Å²) in [5.74, 6) is 0.